The van der Waals surface area contributed by atoms with Crippen molar-refractivity contribution in [1.82, 2.24) is 14.4 Å². The van der Waals surface area contributed by atoms with Crippen LogP contribution in [0.15, 0.2) is 57.9 Å². The second-order valence-corrected chi connectivity index (χ2v) is 8.31. The summed E-state index contributed by atoms with van der Waals surface area (Å²) in [5, 5.41) is 6.54. The molecule has 0 spiro atoms. The highest BCUT2D eigenvalue weighted by molar-refractivity contribution is 7.89. The maximum absolute atomic E-state index is 13.0. The molecule has 1 N–H and O–H groups in total. The molecule has 30 heavy (non-hydrogen) atoms. The normalized spacial score (nSPS) is 11.5. The van der Waals surface area contributed by atoms with Gasteiger partial charge in [0.05, 0.1) is 18.6 Å². The fraction of sp³-hybridized carbons (Fsp3) is 0.250. The van der Waals surface area contributed by atoms with Gasteiger partial charge in [0.15, 0.2) is 0 Å². The molecule has 0 aliphatic heterocycles. The Kier molecular flexibility index (Phi) is 6.48. The van der Waals surface area contributed by atoms with E-state index in [1.54, 1.807) is 38.3 Å². The molecular weight excluding hydrogens is 408 g/mol. The number of hydrogen-bond donors (Lipinski definition) is 1. The smallest absolute Gasteiger partial charge is 0.243 e. The summed E-state index contributed by atoms with van der Waals surface area (Å²) in [5.41, 5.74) is 1.25. The van der Waals surface area contributed by atoms with E-state index in [0.29, 0.717) is 17.3 Å². The number of methoxy groups -OCH3 is 1. The van der Waals surface area contributed by atoms with Crippen LogP contribution >= 0.6 is 0 Å². The number of ether oxygens (including phenoxy) is 1. The van der Waals surface area contributed by atoms with Crippen LogP contribution in [0.25, 0.3) is 11.4 Å². The zero-order valence-corrected chi connectivity index (χ0v) is 17.6. The molecule has 0 aliphatic rings. The molecule has 1 heterocycles. The molecule has 2 aromatic carbocycles. The monoisotopic (exact) mass is 430 g/mol. The van der Waals surface area contributed by atoms with E-state index in [1.165, 1.54) is 35.5 Å². The summed E-state index contributed by atoms with van der Waals surface area (Å²) in [7, 11) is -2.20. The van der Waals surface area contributed by atoms with E-state index in [2.05, 4.69) is 15.5 Å². The van der Waals surface area contributed by atoms with Crippen molar-refractivity contribution in [2.45, 2.75) is 25.3 Å². The molecule has 9 nitrogen and oxygen atoms in total. The summed E-state index contributed by atoms with van der Waals surface area (Å²) in [4.78, 5) is 15.5. The van der Waals surface area contributed by atoms with Gasteiger partial charge in [-0.2, -0.15) is 9.29 Å². The van der Waals surface area contributed by atoms with Crippen LogP contribution in [0.4, 0.5) is 5.69 Å². The molecule has 10 heteroatoms. The average Bonchev–Trinajstić information content (AvgIpc) is 3.20. The number of aromatic nitrogens is 2. The zero-order chi connectivity index (χ0) is 21.7. The predicted octanol–water partition coefficient (Wildman–Crippen LogP) is 2.91. The third-order valence-electron chi connectivity index (χ3n) is 4.29. The first-order valence-electron chi connectivity index (χ1n) is 9.18. The summed E-state index contributed by atoms with van der Waals surface area (Å²) >= 11 is 0. The first-order chi connectivity index (χ1) is 14.3. The van der Waals surface area contributed by atoms with Crippen LogP contribution in [0, 0.1) is 0 Å². The van der Waals surface area contributed by atoms with Gasteiger partial charge in [0, 0.05) is 24.7 Å². The molecule has 0 bridgehead atoms. The molecule has 3 aromatic rings. The van der Waals surface area contributed by atoms with Crippen LogP contribution in [-0.2, 0) is 21.4 Å². The standard InChI is InChI=1S/C20H22N4O5S/c1-4-24(30(26,27)18-11-7-16(8-12-18)21-14(2)25)13-19-22-20(23-29-19)15-5-9-17(28-3)10-6-15/h5-12H,4,13H2,1-3H3,(H,21,25). The number of carbonyl (C=O) groups is 1. The molecule has 1 aromatic heterocycles. The number of benzene rings is 2. The number of carbonyl (C=O) groups excluding carboxylic acids is 1. The van der Waals surface area contributed by atoms with Gasteiger partial charge in [0.2, 0.25) is 27.6 Å². The second-order valence-electron chi connectivity index (χ2n) is 6.38. The van der Waals surface area contributed by atoms with E-state index in [9.17, 15) is 13.2 Å². The van der Waals surface area contributed by atoms with E-state index in [0.717, 1.165) is 5.56 Å². The van der Waals surface area contributed by atoms with Gasteiger partial charge in [0.1, 0.15) is 5.75 Å². The lowest BCUT2D eigenvalue weighted by Gasteiger charge is -2.18. The Morgan fingerprint density at radius 3 is 2.37 bits per heavy atom. The minimum Gasteiger partial charge on any atom is -0.497 e. The topological polar surface area (TPSA) is 115 Å². The third kappa shape index (κ3) is 4.84. The molecule has 0 fully saturated rings. The first-order valence-corrected chi connectivity index (χ1v) is 10.6. The van der Waals surface area contributed by atoms with Crippen LogP contribution in [0.5, 0.6) is 5.75 Å². The lowest BCUT2D eigenvalue weighted by atomic mass is 10.2. The highest BCUT2D eigenvalue weighted by Crippen LogP contribution is 2.22. The molecule has 0 unspecified atom stereocenters. The number of anilines is 1. The van der Waals surface area contributed by atoms with Gasteiger partial charge >= 0.3 is 0 Å². The Bertz CT molecular complexity index is 1110. The van der Waals surface area contributed by atoms with Crippen molar-refractivity contribution < 1.29 is 22.5 Å². The number of sulfonamides is 1. The van der Waals surface area contributed by atoms with Crippen molar-refractivity contribution in [2.75, 3.05) is 19.0 Å². The van der Waals surface area contributed by atoms with Gasteiger partial charge < -0.3 is 14.6 Å². The van der Waals surface area contributed by atoms with Gasteiger partial charge in [-0.15, -0.1) is 0 Å². The van der Waals surface area contributed by atoms with E-state index >= 15 is 0 Å². The van der Waals surface area contributed by atoms with Gasteiger partial charge in [-0.1, -0.05) is 12.1 Å². The molecule has 0 atom stereocenters. The van der Waals surface area contributed by atoms with Crippen molar-refractivity contribution >= 4 is 21.6 Å². The maximum Gasteiger partial charge on any atom is 0.243 e. The van der Waals surface area contributed by atoms with Crippen LogP contribution in [0.1, 0.15) is 19.7 Å². The molecule has 3 rings (SSSR count). The van der Waals surface area contributed by atoms with Gasteiger partial charge in [-0.05, 0) is 48.5 Å². The summed E-state index contributed by atoms with van der Waals surface area (Å²) in [6, 6.07) is 13.1. The number of nitrogens with one attached hydrogen (secondary N) is 1. The average molecular weight is 430 g/mol. The van der Waals surface area contributed by atoms with Crippen LogP contribution in [-0.4, -0.2) is 42.4 Å². The van der Waals surface area contributed by atoms with Gasteiger partial charge in [0.25, 0.3) is 0 Å². The Morgan fingerprint density at radius 2 is 1.80 bits per heavy atom. The number of hydrogen-bond acceptors (Lipinski definition) is 7. The molecule has 0 saturated carbocycles. The van der Waals surface area contributed by atoms with Crippen molar-refractivity contribution in [2.24, 2.45) is 0 Å². The fourth-order valence-corrected chi connectivity index (χ4v) is 4.16. The largest absolute Gasteiger partial charge is 0.497 e. The highest BCUT2D eigenvalue weighted by atomic mass is 32.2. The third-order valence-corrected chi connectivity index (χ3v) is 6.23. The Labute approximate surface area is 174 Å². The molecule has 158 valence electrons. The Hall–Kier alpha value is -3.24. The lowest BCUT2D eigenvalue weighted by molar-refractivity contribution is -0.114. The quantitative estimate of drug-likeness (QED) is 0.584. The molecule has 1 amide bonds. The predicted molar refractivity (Wildman–Crippen MR) is 110 cm³/mol. The number of rotatable bonds is 8. The molecular formula is C20H22N4O5S. The zero-order valence-electron chi connectivity index (χ0n) is 16.8. The van der Waals surface area contributed by atoms with E-state index < -0.39 is 10.0 Å². The van der Waals surface area contributed by atoms with E-state index in [4.69, 9.17) is 9.26 Å². The van der Waals surface area contributed by atoms with Crippen molar-refractivity contribution in [3.63, 3.8) is 0 Å². The first kappa shape index (κ1) is 21.5. The van der Waals surface area contributed by atoms with Crippen LogP contribution in [0.2, 0.25) is 0 Å². The van der Waals surface area contributed by atoms with Crippen molar-refractivity contribution in [3.8, 4) is 17.1 Å². The van der Waals surface area contributed by atoms with Gasteiger partial charge in [-0.3, -0.25) is 4.79 Å². The van der Waals surface area contributed by atoms with Crippen molar-refractivity contribution in [3.05, 3.63) is 54.4 Å². The Morgan fingerprint density at radius 1 is 1.13 bits per heavy atom. The molecule has 0 aliphatic carbocycles. The SMILES string of the molecule is CCN(Cc1nc(-c2ccc(OC)cc2)no1)S(=O)(=O)c1ccc(NC(C)=O)cc1. The maximum atomic E-state index is 13.0. The summed E-state index contributed by atoms with van der Waals surface area (Å²) < 4.78 is 37.6. The molecule has 0 radical (unpaired) electrons. The van der Waals surface area contributed by atoms with E-state index in [1.807, 2.05) is 0 Å². The summed E-state index contributed by atoms with van der Waals surface area (Å²) in [6.07, 6.45) is 0. The minimum atomic E-state index is -3.78. The Balaban J connectivity index is 1.77. The highest BCUT2D eigenvalue weighted by Gasteiger charge is 2.25. The molecule has 0 saturated heterocycles. The second kappa shape index (κ2) is 9.06. The number of nitrogens with zero attached hydrogens (tertiary/aromatic N) is 3. The number of amides is 1. The van der Waals surface area contributed by atoms with Crippen molar-refractivity contribution in [1.29, 1.82) is 0 Å². The fourth-order valence-electron chi connectivity index (χ4n) is 2.76. The van der Waals surface area contributed by atoms with Gasteiger partial charge in [-0.25, -0.2) is 8.42 Å². The lowest BCUT2D eigenvalue weighted by Crippen LogP contribution is -2.30. The summed E-state index contributed by atoms with van der Waals surface area (Å²) in [6.45, 7) is 3.27. The van der Waals surface area contributed by atoms with Crippen LogP contribution < -0.4 is 10.1 Å². The summed E-state index contributed by atoms with van der Waals surface area (Å²) in [5.74, 6) is 1.02. The van der Waals surface area contributed by atoms with E-state index in [-0.39, 0.29) is 29.8 Å². The van der Waals surface area contributed by atoms with Crippen LogP contribution in [0.3, 0.4) is 0 Å². The minimum absolute atomic E-state index is 0.0601.